The lowest BCUT2D eigenvalue weighted by Crippen LogP contribution is -2.50. The number of nitrogens with zero attached hydrogens (tertiary/aromatic N) is 1. The van der Waals surface area contributed by atoms with E-state index in [2.05, 4.69) is 41.5 Å². The van der Waals surface area contributed by atoms with Crippen molar-refractivity contribution in [3.05, 3.63) is 107 Å². The molecule has 0 spiro atoms. The molecule has 0 fully saturated rings. The summed E-state index contributed by atoms with van der Waals surface area (Å²) in [5.41, 5.74) is 5.25. The van der Waals surface area contributed by atoms with Gasteiger partial charge in [-0.25, -0.2) is 0 Å². The average molecular weight is 638 g/mol. The van der Waals surface area contributed by atoms with Gasteiger partial charge in [-0.1, -0.05) is 102 Å². The topological polar surface area (TPSA) is 84.1 Å². The maximum atomic E-state index is 12.4. The van der Waals surface area contributed by atoms with Crippen molar-refractivity contribution in [2.24, 2.45) is 0 Å². The van der Waals surface area contributed by atoms with Gasteiger partial charge in [0.05, 0.1) is 18.2 Å². The summed E-state index contributed by atoms with van der Waals surface area (Å²) in [5.74, 6) is 0.707. The number of hydrogen-bond donors (Lipinski definition) is 3. The molecule has 0 radical (unpaired) electrons. The Morgan fingerprint density at radius 2 is 1.41 bits per heavy atom. The van der Waals surface area contributed by atoms with Gasteiger partial charge in [0, 0.05) is 34.3 Å². The lowest BCUT2D eigenvalue weighted by atomic mass is 9.68. The lowest BCUT2D eigenvalue weighted by molar-refractivity contribution is 0.157. The van der Waals surface area contributed by atoms with Gasteiger partial charge in [0.15, 0.2) is 5.88 Å². The number of hydrogen-bond acceptors (Lipinski definition) is 5. The second kappa shape index (κ2) is 11.7. The van der Waals surface area contributed by atoms with Crippen LogP contribution in [-0.2, 0) is 6.54 Å². The van der Waals surface area contributed by atoms with Crippen molar-refractivity contribution in [1.29, 1.82) is 0 Å². The highest BCUT2D eigenvalue weighted by molar-refractivity contribution is 6.78. The molecule has 2 heterocycles. The van der Waals surface area contributed by atoms with E-state index in [1.165, 1.54) is 4.57 Å². The van der Waals surface area contributed by atoms with Crippen LogP contribution in [0.1, 0.15) is 89.1 Å². The largest absolute Gasteiger partial charge is 0.543 e. The molecule has 1 aliphatic carbocycles. The molecule has 2 aliphatic rings. The molecule has 242 valence electrons. The third-order valence-electron chi connectivity index (χ3n) is 10.2. The van der Waals surface area contributed by atoms with E-state index in [1.54, 1.807) is 0 Å². The molecule has 3 aromatic carbocycles. The summed E-state index contributed by atoms with van der Waals surface area (Å²) in [6, 6.07) is 25.4. The van der Waals surface area contributed by atoms with Crippen LogP contribution in [0.25, 0.3) is 11.1 Å². The molecule has 6 rings (SSSR count). The van der Waals surface area contributed by atoms with Crippen LogP contribution in [0.2, 0.25) is 16.6 Å². The zero-order valence-electron chi connectivity index (χ0n) is 28.2. The smallest absolute Gasteiger partial charge is 0.258 e. The first-order valence-corrected chi connectivity index (χ1v) is 18.6. The van der Waals surface area contributed by atoms with Crippen LogP contribution >= 0.6 is 0 Å². The number of rotatable bonds is 8. The third-order valence-corrected chi connectivity index (χ3v) is 16.2. The molecule has 2 atom stereocenters. The summed E-state index contributed by atoms with van der Waals surface area (Å²) < 4.78 is 15.3. The van der Waals surface area contributed by atoms with Crippen molar-refractivity contribution in [2.75, 3.05) is 0 Å². The molecule has 0 bridgehead atoms. The van der Waals surface area contributed by atoms with Crippen LogP contribution in [-0.4, -0.2) is 39.9 Å². The van der Waals surface area contributed by atoms with E-state index in [-0.39, 0.29) is 18.3 Å². The summed E-state index contributed by atoms with van der Waals surface area (Å²) in [4.78, 5) is 0. The normalized spacial score (nSPS) is 18.8. The predicted molar refractivity (Wildman–Crippen MR) is 187 cm³/mol. The molecule has 0 saturated carbocycles. The third kappa shape index (κ3) is 4.95. The minimum Gasteiger partial charge on any atom is -0.543 e. The van der Waals surface area contributed by atoms with E-state index in [1.807, 2.05) is 92.7 Å². The Hall–Kier alpha value is -3.94. The molecular weight excluding hydrogens is 591 g/mol. The molecule has 0 saturated heterocycles. The first-order valence-electron chi connectivity index (χ1n) is 16.5. The van der Waals surface area contributed by atoms with Crippen molar-refractivity contribution in [2.45, 2.75) is 96.2 Å². The van der Waals surface area contributed by atoms with Crippen molar-refractivity contribution in [3.8, 4) is 23.3 Å². The maximum absolute atomic E-state index is 12.4. The molecule has 3 N–H and O–H groups in total. The standard InChI is InChI=1S/C39H47NO5Si/c1-23(2)46(24(3)4,25(5)6)45-28-19-20-29-30(21-28)44-39(7,8)35-32(29)36(41)31(27-17-13-10-14-18-27)33-34(35)38(43)40(37(33)42)22-26-15-11-9-12-16-26/h9-21,23-25,31,36,41-43H,22H2,1-8H3/t31-,36+/m1/s1. The second-order valence-corrected chi connectivity index (χ2v) is 19.7. The number of fused-ring (bicyclic) bond motifs is 4. The molecule has 0 unspecified atom stereocenters. The predicted octanol–water partition coefficient (Wildman–Crippen LogP) is 9.09. The van der Waals surface area contributed by atoms with Crippen LogP contribution in [0.3, 0.4) is 0 Å². The van der Waals surface area contributed by atoms with Gasteiger partial charge in [-0.15, -0.1) is 0 Å². The van der Waals surface area contributed by atoms with Gasteiger partial charge in [0.25, 0.3) is 8.32 Å². The number of benzene rings is 3. The first kappa shape index (κ1) is 32.0. The van der Waals surface area contributed by atoms with Crippen LogP contribution in [0.15, 0.2) is 78.9 Å². The Kier molecular flexibility index (Phi) is 8.14. The van der Waals surface area contributed by atoms with E-state index < -0.39 is 25.9 Å². The quantitative estimate of drug-likeness (QED) is 0.168. The molecule has 0 amide bonds. The average Bonchev–Trinajstić information content (AvgIpc) is 3.24. The Labute approximate surface area is 274 Å². The maximum Gasteiger partial charge on any atom is 0.258 e. The monoisotopic (exact) mass is 637 g/mol. The van der Waals surface area contributed by atoms with Gasteiger partial charge in [-0.05, 0) is 53.7 Å². The Balaban J connectivity index is 1.56. The van der Waals surface area contributed by atoms with E-state index >= 15 is 0 Å². The molecular formula is C39H47NO5Si. The lowest BCUT2D eigenvalue weighted by Gasteiger charge is -2.44. The molecule has 7 heteroatoms. The number of aliphatic hydroxyl groups is 1. The van der Waals surface area contributed by atoms with Gasteiger partial charge in [0.2, 0.25) is 5.88 Å². The second-order valence-electron chi connectivity index (χ2n) is 14.3. The van der Waals surface area contributed by atoms with Gasteiger partial charge in [0.1, 0.15) is 17.1 Å². The zero-order chi connectivity index (χ0) is 33.1. The van der Waals surface area contributed by atoms with Crippen molar-refractivity contribution in [3.63, 3.8) is 0 Å². The summed E-state index contributed by atoms with van der Waals surface area (Å²) in [6.45, 7) is 17.8. The molecule has 46 heavy (non-hydrogen) atoms. The van der Waals surface area contributed by atoms with E-state index in [0.29, 0.717) is 44.6 Å². The Morgan fingerprint density at radius 1 is 0.826 bits per heavy atom. The number of aliphatic hydroxyl groups excluding tert-OH is 1. The van der Waals surface area contributed by atoms with Gasteiger partial charge < -0.3 is 24.5 Å². The number of aromatic hydroxyl groups is 2. The van der Waals surface area contributed by atoms with Crippen molar-refractivity contribution >= 4 is 19.5 Å². The minimum absolute atomic E-state index is 0.0432. The van der Waals surface area contributed by atoms with E-state index in [0.717, 1.165) is 22.4 Å². The van der Waals surface area contributed by atoms with E-state index in [9.17, 15) is 15.3 Å². The minimum atomic E-state index is -2.22. The summed E-state index contributed by atoms with van der Waals surface area (Å²) in [6.07, 6.45) is -1.01. The SMILES string of the molecule is CC(C)[Si](Oc1ccc2c(c1)OC(C)(C)C1=C2[C@@H](O)[C@H](c2ccccc2)c2c1c(O)n(Cc1ccccc1)c2O)(C(C)C)C(C)C. The molecule has 1 aliphatic heterocycles. The van der Waals surface area contributed by atoms with Gasteiger partial charge in [-0.2, -0.15) is 0 Å². The molecule has 4 aromatic rings. The fourth-order valence-corrected chi connectivity index (χ4v) is 13.6. The Morgan fingerprint density at radius 3 is 2.00 bits per heavy atom. The van der Waals surface area contributed by atoms with Crippen LogP contribution in [0.4, 0.5) is 0 Å². The Bertz CT molecular complexity index is 1750. The van der Waals surface area contributed by atoms with Crippen molar-refractivity contribution in [1.82, 2.24) is 4.57 Å². The van der Waals surface area contributed by atoms with Crippen LogP contribution in [0, 0.1) is 0 Å². The zero-order valence-corrected chi connectivity index (χ0v) is 29.2. The fraction of sp³-hybridized carbons (Fsp3) is 0.385. The highest BCUT2D eigenvalue weighted by atomic mass is 28.4. The summed E-state index contributed by atoms with van der Waals surface area (Å²) >= 11 is 0. The summed E-state index contributed by atoms with van der Waals surface area (Å²) in [7, 11) is -2.22. The molecule has 6 nitrogen and oxygen atoms in total. The van der Waals surface area contributed by atoms with Gasteiger partial charge in [-0.3, -0.25) is 4.57 Å². The van der Waals surface area contributed by atoms with E-state index in [4.69, 9.17) is 9.16 Å². The molecule has 1 aromatic heterocycles. The van der Waals surface area contributed by atoms with Gasteiger partial charge >= 0.3 is 0 Å². The first-order chi connectivity index (χ1) is 21.8. The fourth-order valence-electron chi connectivity index (χ4n) is 8.36. The number of aromatic nitrogens is 1. The van der Waals surface area contributed by atoms with Crippen molar-refractivity contribution < 1.29 is 24.5 Å². The highest BCUT2D eigenvalue weighted by Crippen LogP contribution is 2.59. The van der Waals surface area contributed by atoms with Crippen LogP contribution in [0.5, 0.6) is 23.3 Å². The number of ether oxygens (including phenoxy) is 1. The van der Waals surface area contributed by atoms with Crippen LogP contribution < -0.4 is 9.16 Å². The summed E-state index contributed by atoms with van der Waals surface area (Å²) in [5, 5.41) is 36.1. The highest BCUT2D eigenvalue weighted by Gasteiger charge is 2.50.